The number of aromatic nitrogens is 2. The summed E-state index contributed by atoms with van der Waals surface area (Å²) in [6.45, 7) is 5.69. The van der Waals surface area contributed by atoms with E-state index in [9.17, 15) is 9.59 Å². The smallest absolute Gasteiger partial charge is 0.320 e. The maximum absolute atomic E-state index is 12.7. The van der Waals surface area contributed by atoms with Gasteiger partial charge in [0, 0.05) is 23.9 Å². The van der Waals surface area contributed by atoms with E-state index in [1.807, 2.05) is 26.8 Å². The predicted molar refractivity (Wildman–Crippen MR) is 114 cm³/mol. The Kier molecular flexibility index (Phi) is 6.66. The van der Waals surface area contributed by atoms with Gasteiger partial charge in [-0.05, 0) is 52.2 Å². The Balaban J connectivity index is 1.59. The summed E-state index contributed by atoms with van der Waals surface area (Å²) in [4.78, 5) is 33.3. The number of methoxy groups -OCH3 is 1. The van der Waals surface area contributed by atoms with Crippen molar-refractivity contribution in [1.29, 1.82) is 0 Å². The number of fused-ring (bicyclic) bond motifs is 1. The Hall–Kier alpha value is -3.00. The summed E-state index contributed by atoms with van der Waals surface area (Å²) in [6, 6.07) is 5.40. The molecule has 1 atom stereocenters. The first-order chi connectivity index (χ1) is 14.2. The van der Waals surface area contributed by atoms with Crippen LogP contribution in [-0.4, -0.2) is 47.1 Å². The van der Waals surface area contributed by atoms with Gasteiger partial charge < -0.3 is 20.1 Å². The summed E-state index contributed by atoms with van der Waals surface area (Å²) in [7, 11) is 1.54. The molecule has 0 unspecified atom stereocenters. The lowest BCUT2D eigenvalue weighted by Gasteiger charge is -2.24. The standard InChI is InChI=1S/C22H28N4O4/c1-22(2,3)30-19(27)13-24-15-7-5-14(6-8-15)21(28)25-17-11-12-23-16-9-10-18(29-4)26-20(16)17/h5,9-12,15,24H,6-8,13H2,1-4H3,(H,23,25,28)/t15-/m0/s1. The van der Waals surface area contributed by atoms with Gasteiger partial charge in [-0.15, -0.1) is 0 Å². The molecule has 0 saturated carbocycles. The van der Waals surface area contributed by atoms with E-state index < -0.39 is 5.60 Å². The van der Waals surface area contributed by atoms with Crippen LogP contribution in [-0.2, 0) is 14.3 Å². The molecule has 2 aromatic heterocycles. The van der Waals surface area contributed by atoms with Crippen molar-refractivity contribution in [3.8, 4) is 5.88 Å². The van der Waals surface area contributed by atoms with Gasteiger partial charge in [0.1, 0.15) is 11.1 Å². The topological polar surface area (TPSA) is 102 Å². The number of carbonyl (C=O) groups is 2. The highest BCUT2D eigenvalue weighted by molar-refractivity contribution is 6.07. The van der Waals surface area contributed by atoms with Crippen molar-refractivity contribution in [2.45, 2.75) is 51.7 Å². The van der Waals surface area contributed by atoms with Gasteiger partial charge in [-0.3, -0.25) is 14.6 Å². The van der Waals surface area contributed by atoms with Crippen LogP contribution < -0.4 is 15.4 Å². The van der Waals surface area contributed by atoms with E-state index in [1.165, 1.54) is 0 Å². The van der Waals surface area contributed by atoms with Crippen molar-refractivity contribution in [1.82, 2.24) is 15.3 Å². The molecule has 0 fully saturated rings. The third-order valence-electron chi connectivity index (χ3n) is 4.67. The number of hydrogen-bond donors (Lipinski definition) is 2. The molecule has 2 N–H and O–H groups in total. The molecular formula is C22H28N4O4. The Bertz CT molecular complexity index is 965. The molecule has 0 spiro atoms. The molecule has 2 heterocycles. The molecule has 8 heteroatoms. The molecule has 0 aromatic carbocycles. The first-order valence-corrected chi connectivity index (χ1v) is 10.0. The molecule has 1 aliphatic carbocycles. The van der Waals surface area contributed by atoms with Crippen LogP contribution in [0.15, 0.2) is 36.0 Å². The number of nitrogens with zero attached hydrogens (tertiary/aromatic N) is 2. The minimum absolute atomic E-state index is 0.141. The molecule has 1 aliphatic rings. The first kappa shape index (κ1) is 21.7. The van der Waals surface area contributed by atoms with E-state index in [0.717, 1.165) is 12.0 Å². The van der Waals surface area contributed by atoms with Gasteiger partial charge in [0.05, 0.1) is 24.9 Å². The van der Waals surface area contributed by atoms with Gasteiger partial charge in [0.2, 0.25) is 5.88 Å². The van der Waals surface area contributed by atoms with E-state index in [1.54, 1.807) is 31.5 Å². The lowest BCUT2D eigenvalue weighted by molar-refractivity contribution is -0.153. The van der Waals surface area contributed by atoms with Gasteiger partial charge in [-0.25, -0.2) is 4.98 Å². The maximum Gasteiger partial charge on any atom is 0.320 e. The number of amides is 1. The van der Waals surface area contributed by atoms with Crippen molar-refractivity contribution in [3.63, 3.8) is 0 Å². The molecule has 0 radical (unpaired) electrons. The second-order valence-corrected chi connectivity index (χ2v) is 8.20. The summed E-state index contributed by atoms with van der Waals surface area (Å²) < 4.78 is 10.5. The minimum Gasteiger partial charge on any atom is -0.481 e. The number of pyridine rings is 2. The molecule has 1 amide bonds. The van der Waals surface area contributed by atoms with Gasteiger partial charge >= 0.3 is 5.97 Å². The maximum atomic E-state index is 12.7. The number of ether oxygens (including phenoxy) is 2. The van der Waals surface area contributed by atoms with E-state index >= 15 is 0 Å². The second kappa shape index (κ2) is 9.21. The third-order valence-corrected chi connectivity index (χ3v) is 4.67. The first-order valence-electron chi connectivity index (χ1n) is 10.0. The van der Waals surface area contributed by atoms with Gasteiger partial charge in [0.15, 0.2) is 0 Å². The van der Waals surface area contributed by atoms with E-state index in [-0.39, 0.29) is 24.5 Å². The molecule has 0 aliphatic heterocycles. The zero-order valence-corrected chi connectivity index (χ0v) is 17.8. The van der Waals surface area contributed by atoms with Crippen LogP contribution in [0.2, 0.25) is 0 Å². The summed E-state index contributed by atoms with van der Waals surface area (Å²) in [5.41, 5.74) is 2.08. The highest BCUT2D eigenvalue weighted by Gasteiger charge is 2.21. The van der Waals surface area contributed by atoms with Crippen LogP contribution in [0.3, 0.4) is 0 Å². The van der Waals surface area contributed by atoms with Gasteiger partial charge in [0.25, 0.3) is 5.91 Å². The highest BCUT2D eigenvalue weighted by Crippen LogP contribution is 2.24. The fraction of sp³-hybridized carbons (Fsp3) is 0.455. The zero-order valence-electron chi connectivity index (χ0n) is 17.8. The summed E-state index contributed by atoms with van der Waals surface area (Å²) >= 11 is 0. The molecular weight excluding hydrogens is 384 g/mol. The van der Waals surface area contributed by atoms with Gasteiger partial charge in [-0.2, -0.15) is 0 Å². The quantitative estimate of drug-likeness (QED) is 0.703. The van der Waals surface area contributed by atoms with Crippen LogP contribution in [0, 0.1) is 0 Å². The van der Waals surface area contributed by atoms with Crippen LogP contribution in [0.4, 0.5) is 5.69 Å². The van der Waals surface area contributed by atoms with Crippen LogP contribution in [0.25, 0.3) is 11.0 Å². The number of carbonyl (C=O) groups excluding carboxylic acids is 2. The largest absolute Gasteiger partial charge is 0.481 e. The van der Waals surface area contributed by atoms with Crippen LogP contribution in [0.5, 0.6) is 5.88 Å². The Morgan fingerprint density at radius 1 is 1.23 bits per heavy atom. The van der Waals surface area contributed by atoms with Crippen LogP contribution in [0.1, 0.15) is 40.0 Å². The summed E-state index contributed by atoms with van der Waals surface area (Å²) in [5.74, 6) is 0.0296. The average Bonchev–Trinajstić information content (AvgIpc) is 2.71. The number of esters is 1. The van der Waals surface area contributed by atoms with Gasteiger partial charge in [-0.1, -0.05) is 6.08 Å². The molecule has 160 valence electrons. The molecule has 8 nitrogen and oxygen atoms in total. The Morgan fingerprint density at radius 2 is 2.03 bits per heavy atom. The van der Waals surface area contributed by atoms with Crippen molar-refractivity contribution in [2.75, 3.05) is 19.0 Å². The van der Waals surface area contributed by atoms with E-state index in [0.29, 0.717) is 35.4 Å². The van der Waals surface area contributed by atoms with Crippen molar-refractivity contribution in [2.24, 2.45) is 0 Å². The highest BCUT2D eigenvalue weighted by atomic mass is 16.6. The number of anilines is 1. The fourth-order valence-electron chi connectivity index (χ4n) is 3.26. The van der Waals surface area contributed by atoms with E-state index in [4.69, 9.17) is 9.47 Å². The number of nitrogens with one attached hydrogen (secondary N) is 2. The predicted octanol–water partition coefficient (Wildman–Crippen LogP) is 2.99. The Morgan fingerprint density at radius 3 is 2.70 bits per heavy atom. The average molecular weight is 412 g/mol. The summed E-state index contributed by atoms with van der Waals surface area (Å²) in [6.07, 6.45) is 5.62. The molecule has 2 aromatic rings. The zero-order chi connectivity index (χ0) is 21.7. The molecule has 0 bridgehead atoms. The summed E-state index contributed by atoms with van der Waals surface area (Å²) in [5, 5.41) is 6.14. The fourth-order valence-corrected chi connectivity index (χ4v) is 3.26. The number of hydrogen-bond acceptors (Lipinski definition) is 7. The SMILES string of the molecule is COc1ccc2nccc(NC(=O)C3=CC[C@H](NCC(=O)OC(C)(C)C)CC3)c2n1. The monoisotopic (exact) mass is 412 g/mol. The van der Waals surface area contributed by atoms with E-state index in [2.05, 4.69) is 20.6 Å². The van der Waals surface area contributed by atoms with Crippen molar-refractivity contribution < 1.29 is 19.1 Å². The van der Waals surface area contributed by atoms with Crippen LogP contribution >= 0.6 is 0 Å². The number of rotatable bonds is 6. The lowest BCUT2D eigenvalue weighted by atomic mass is 9.94. The Labute approximate surface area is 176 Å². The minimum atomic E-state index is -0.494. The third kappa shape index (κ3) is 5.76. The molecule has 0 saturated heterocycles. The van der Waals surface area contributed by atoms with Crippen molar-refractivity contribution in [3.05, 3.63) is 36.0 Å². The molecule has 30 heavy (non-hydrogen) atoms. The normalized spacial score (nSPS) is 16.7. The van der Waals surface area contributed by atoms with Crippen molar-refractivity contribution >= 4 is 28.6 Å². The molecule has 3 rings (SSSR count). The second-order valence-electron chi connectivity index (χ2n) is 8.20. The lowest BCUT2D eigenvalue weighted by Crippen LogP contribution is -2.38.